The molecule has 8 nitrogen and oxygen atoms in total. The zero-order valence-corrected chi connectivity index (χ0v) is 20.2. The Balaban J connectivity index is 1.58. The van der Waals surface area contributed by atoms with Crippen molar-refractivity contribution in [3.63, 3.8) is 0 Å². The van der Waals surface area contributed by atoms with Gasteiger partial charge in [0.2, 0.25) is 15.9 Å². The highest BCUT2D eigenvalue weighted by Crippen LogP contribution is 2.32. The summed E-state index contributed by atoms with van der Waals surface area (Å²) in [6.07, 6.45) is 4.28. The number of nitrogens with one attached hydrogen (secondary N) is 2. The number of benzene rings is 2. The largest absolute Gasteiger partial charge is 0.475 e. The van der Waals surface area contributed by atoms with Gasteiger partial charge in [0, 0.05) is 19.3 Å². The van der Waals surface area contributed by atoms with Gasteiger partial charge in [-0.05, 0) is 48.4 Å². The van der Waals surface area contributed by atoms with Gasteiger partial charge >= 0.3 is 7.12 Å². The lowest BCUT2D eigenvalue weighted by atomic mass is 9.69. The summed E-state index contributed by atoms with van der Waals surface area (Å²) in [6.45, 7) is 0.729. The van der Waals surface area contributed by atoms with Crippen molar-refractivity contribution in [2.45, 2.75) is 55.4 Å². The Labute approximate surface area is 201 Å². The van der Waals surface area contributed by atoms with Gasteiger partial charge in [0.25, 0.3) is 0 Å². The lowest BCUT2D eigenvalue weighted by Gasteiger charge is -2.30. The number of likely N-dealkylation sites (N-methyl/N-ethyl adjacent to an activating group) is 1. The quantitative estimate of drug-likeness (QED) is 0.377. The average molecular weight is 485 g/mol. The van der Waals surface area contributed by atoms with Crippen LogP contribution in [0.5, 0.6) is 0 Å². The highest BCUT2D eigenvalue weighted by molar-refractivity contribution is 7.89. The molecule has 1 fully saturated rings. The number of hydrogen-bond donors (Lipinski definition) is 4. The Morgan fingerprint density at radius 1 is 1.15 bits per heavy atom. The van der Waals surface area contributed by atoms with Crippen molar-refractivity contribution in [2.24, 2.45) is 5.92 Å². The minimum Gasteiger partial charge on any atom is -0.426 e. The van der Waals surface area contributed by atoms with Crippen LogP contribution in [0.2, 0.25) is 0 Å². The van der Waals surface area contributed by atoms with Crippen LogP contribution in [-0.2, 0) is 27.7 Å². The summed E-state index contributed by atoms with van der Waals surface area (Å²) in [7, 11) is -3.80. The average Bonchev–Trinajstić information content (AvgIpc) is 3.16. The van der Waals surface area contributed by atoms with Crippen LogP contribution in [0.4, 0.5) is 5.69 Å². The molecule has 182 valence electrons. The number of fused-ring (bicyclic) bond motifs is 1. The number of nitrogens with zero attached hydrogens (tertiary/aromatic N) is 1. The van der Waals surface area contributed by atoms with E-state index < -0.39 is 35.0 Å². The summed E-state index contributed by atoms with van der Waals surface area (Å²) in [5, 5.41) is 22.4. The fourth-order valence-electron chi connectivity index (χ4n) is 4.73. The van der Waals surface area contributed by atoms with Gasteiger partial charge < -0.3 is 20.3 Å². The van der Waals surface area contributed by atoms with Crippen molar-refractivity contribution in [2.75, 3.05) is 18.5 Å². The van der Waals surface area contributed by atoms with Crippen molar-refractivity contribution in [3.8, 4) is 0 Å². The first-order valence-electron chi connectivity index (χ1n) is 11.8. The van der Waals surface area contributed by atoms with E-state index in [0.717, 1.165) is 42.6 Å². The van der Waals surface area contributed by atoms with Gasteiger partial charge in [0.1, 0.15) is 6.04 Å². The molecule has 4 rings (SSSR count). The zero-order valence-electron chi connectivity index (χ0n) is 19.4. The number of hydrogen-bond acceptors (Lipinski definition) is 6. The van der Waals surface area contributed by atoms with Crippen LogP contribution >= 0.6 is 0 Å². The minimum absolute atomic E-state index is 0.137. The van der Waals surface area contributed by atoms with E-state index in [-0.39, 0.29) is 11.3 Å². The van der Waals surface area contributed by atoms with Crippen molar-refractivity contribution < 1.29 is 23.3 Å². The first kappa shape index (κ1) is 24.7. The van der Waals surface area contributed by atoms with E-state index in [1.807, 2.05) is 48.3 Å². The molecule has 0 spiro atoms. The summed E-state index contributed by atoms with van der Waals surface area (Å²) in [4.78, 5) is 15.5. The molecule has 2 aromatic carbocycles. The monoisotopic (exact) mass is 485 g/mol. The van der Waals surface area contributed by atoms with Crippen LogP contribution in [0.1, 0.15) is 36.8 Å². The molecule has 0 saturated heterocycles. The van der Waals surface area contributed by atoms with Gasteiger partial charge in [0.15, 0.2) is 0 Å². The van der Waals surface area contributed by atoms with Crippen LogP contribution in [0.3, 0.4) is 0 Å². The number of carbonyl (C=O) groups excluding carboxylic acids is 1. The number of carbonyl (C=O) groups is 1. The molecule has 1 saturated carbocycles. The first-order chi connectivity index (χ1) is 16.2. The van der Waals surface area contributed by atoms with E-state index in [0.29, 0.717) is 18.8 Å². The lowest BCUT2D eigenvalue weighted by Crippen LogP contribution is -2.55. The Kier molecular flexibility index (Phi) is 7.62. The zero-order chi connectivity index (χ0) is 24.3. The summed E-state index contributed by atoms with van der Waals surface area (Å²) in [6, 6.07) is 13.2. The van der Waals surface area contributed by atoms with Crippen LogP contribution in [0.15, 0.2) is 53.4 Å². The molecule has 1 amide bonds. The Bertz CT molecular complexity index is 1110. The molecule has 1 aliphatic carbocycles. The fraction of sp³-hybridized carbons (Fsp3) is 0.458. The SMILES string of the molecule is CN1CCc2c1cccc2S(=O)(=O)N[C@@H](Cc1ccccc1)C(=O)N[C@@H](CC1CCC1)B(O)O. The second-order valence-corrected chi connectivity index (χ2v) is 11.0. The predicted octanol–water partition coefficient (Wildman–Crippen LogP) is 1.26. The third-order valence-corrected chi connectivity index (χ3v) is 8.46. The molecule has 4 N–H and O–H groups in total. The van der Waals surface area contributed by atoms with Crippen LogP contribution in [-0.4, -0.2) is 57.1 Å². The Morgan fingerprint density at radius 3 is 2.53 bits per heavy atom. The van der Waals surface area contributed by atoms with Crippen LogP contribution in [0.25, 0.3) is 0 Å². The van der Waals surface area contributed by atoms with Gasteiger partial charge in [0.05, 0.1) is 10.8 Å². The highest BCUT2D eigenvalue weighted by atomic mass is 32.2. The maximum Gasteiger partial charge on any atom is 0.475 e. The molecule has 0 aromatic heterocycles. The molecule has 2 aliphatic rings. The second-order valence-electron chi connectivity index (χ2n) is 9.35. The molecular formula is C24H32BN3O5S. The molecule has 1 aliphatic heterocycles. The topological polar surface area (TPSA) is 119 Å². The predicted molar refractivity (Wildman–Crippen MR) is 132 cm³/mol. The van der Waals surface area contributed by atoms with E-state index in [1.54, 1.807) is 12.1 Å². The molecule has 1 heterocycles. The number of sulfonamides is 1. The van der Waals surface area contributed by atoms with Crippen LogP contribution in [0, 0.1) is 5.92 Å². The van der Waals surface area contributed by atoms with E-state index in [2.05, 4.69) is 10.0 Å². The van der Waals surface area contributed by atoms with Crippen molar-refractivity contribution >= 4 is 28.7 Å². The van der Waals surface area contributed by atoms with Gasteiger partial charge in [-0.1, -0.05) is 55.7 Å². The normalized spacial score (nSPS) is 17.6. The molecule has 34 heavy (non-hydrogen) atoms. The maximum atomic E-state index is 13.4. The Hall–Kier alpha value is -2.40. The molecule has 0 radical (unpaired) electrons. The highest BCUT2D eigenvalue weighted by Gasteiger charge is 2.35. The molecular weight excluding hydrogens is 453 g/mol. The maximum absolute atomic E-state index is 13.4. The van der Waals surface area contributed by atoms with Crippen LogP contribution < -0.4 is 14.9 Å². The molecule has 0 unspecified atom stereocenters. The first-order valence-corrected chi connectivity index (χ1v) is 13.3. The van der Waals surface area contributed by atoms with Gasteiger partial charge in [-0.3, -0.25) is 4.79 Å². The lowest BCUT2D eigenvalue weighted by molar-refractivity contribution is -0.123. The van der Waals surface area contributed by atoms with E-state index >= 15 is 0 Å². The van der Waals surface area contributed by atoms with Gasteiger partial charge in [-0.15, -0.1) is 0 Å². The van der Waals surface area contributed by atoms with Gasteiger partial charge in [-0.25, -0.2) is 8.42 Å². The minimum atomic E-state index is -4.01. The van der Waals surface area contributed by atoms with Gasteiger partial charge in [-0.2, -0.15) is 4.72 Å². The van der Waals surface area contributed by atoms with E-state index in [1.165, 1.54) is 0 Å². The number of rotatable bonds is 10. The standard InChI is InChI=1S/C24H32BN3O5S/c1-28-14-13-19-21(28)11-6-12-22(19)34(32,33)27-20(15-17-7-3-2-4-8-17)24(29)26-23(25(30)31)16-18-9-5-10-18/h2-4,6-8,11-12,18,20,23,27,30-31H,5,9-10,13-16H2,1H3,(H,26,29)/t20-,23-/m0/s1. The Morgan fingerprint density at radius 2 is 1.88 bits per heavy atom. The molecule has 2 atom stereocenters. The molecule has 10 heteroatoms. The van der Waals surface area contributed by atoms with E-state index in [9.17, 15) is 23.3 Å². The van der Waals surface area contributed by atoms with Crippen molar-refractivity contribution in [1.82, 2.24) is 10.0 Å². The number of anilines is 1. The second kappa shape index (κ2) is 10.5. The number of amides is 1. The molecule has 0 bridgehead atoms. The summed E-state index contributed by atoms with van der Waals surface area (Å²) >= 11 is 0. The third-order valence-electron chi connectivity index (χ3n) is 6.90. The third kappa shape index (κ3) is 5.63. The van der Waals surface area contributed by atoms with Crippen molar-refractivity contribution in [1.29, 1.82) is 0 Å². The smallest absolute Gasteiger partial charge is 0.426 e. The summed E-state index contributed by atoms with van der Waals surface area (Å²) in [5.74, 6) is -1.09. The van der Waals surface area contributed by atoms with E-state index in [4.69, 9.17) is 0 Å². The van der Waals surface area contributed by atoms with Crippen molar-refractivity contribution in [3.05, 3.63) is 59.7 Å². The summed E-state index contributed by atoms with van der Waals surface area (Å²) < 4.78 is 29.5. The molecule has 2 aromatic rings. The fourth-order valence-corrected chi connectivity index (χ4v) is 6.21. The summed E-state index contributed by atoms with van der Waals surface area (Å²) in [5.41, 5.74) is 2.41.